The van der Waals surface area contributed by atoms with Crippen molar-refractivity contribution in [2.75, 3.05) is 0 Å². The van der Waals surface area contributed by atoms with Gasteiger partial charge in [-0.05, 0) is 149 Å². The lowest BCUT2D eigenvalue weighted by atomic mass is 10.4. The average Bonchev–Trinajstić information content (AvgIpc) is 2.50. The van der Waals surface area contributed by atoms with Gasteiger partial charge in [-0.1, -0.05) is 11.8 Å². The van der Waals surface area contributed by atoms with Gasteiger partial charge in [0.15, 0.2) is 0 Å². The van der Waals surface area contributed by atoms with Crippen LogP contribution in [0.5, 0.6) is 0 Å². The average molecular weight is 896 g/mol. The molecule has 118 valence electrons. The van der Waals surface area contributed by atoms with Crippen molar-refractivity contribution in [2.24, 2.45) is 0 Å². The molecule has 0 heterocycles. The predicted octanol–water partition coefficient (Wildman–Crippen LogP) is 10.7. The molecular weight excluding hydrogens is 895 g/mol. The SMILES string of the molecule is Brc1cc(Sc2c(Br)c(Br)c(Br)c(Br)c2Br)c(Br)c(Br)c1Br. The predicted molar refractivity (Wildman–Crippen MR) is 126 cm³/mol. The van der Waals surface area contributed by atoms with E-state index in [1.807, 2.05) is 0 Å². The Balaban J connectivity index is 2.63. The summed E-state index contributed by atoms with van der Waals surface area (Å²) >= 11 is 34.0. The molecule has 0 aliphatic heterocycles. The minimum atomic E-state index is 0.952. The fourth-order valence-electron chi connectivity index (χ4n) is 1.41. The Hall–Kier alpha value is 3.11. The summed E-state index contributed by atoms with van der Waals surface area (Å²) in [6, 6.07) is 2.06. The minimum Gasteiger partial charge on any atom is -0.0864 e. The number of halogens is 9. The zero-order chi connectivity index (χ0) is 16.8. The van der Waals surface area contributed by atoms with Gasteiger partial charge in [0.05, 0.1) is 0 Å². The van der Waals surface area contributed by atoms with Gasteiger partial charge in [-0.15, -0.1) is 0 Å². The molecule has 0 saturated heterocycles. The van der Waals surface area contributed by atoms with E-state index in [9.17, 15) is 0 Å². The van der Waals surface area contributed by atoms with Crippen molar-refractivity contribution < 1.29 is 0 Å². The molecule has 0 fully saturated rings. The fourth-order valence-corrected chi connectivity index (χ4v) is 8.71. The highest BCUT2D eigenvalue weighted by Crippen LogP contribution is 2.52. The lowest BCUT2D eigenvalue weighted by Gasteiger charge is -2.15. The first kappa shape index (κ1) is 21.4. The lowest BCUT2D eigenvalue weighted by Crippen LogP contribution is -1.87. The van der Waals surface area contributed by atoms with E-state index in [1.54, 1.807) is 11.8 Å². The van der Waals surface area contributed by atoms with Crippen molar-refractivity contribution in [3.8, 4) is 0 Å². The van der Waals surface area contributed by atoms with Gasteiger partial charge in [0, 0.05) is 50.0 Å². The molecule has 0 amide bonds. The Kier molecular flexibility index (Phi) is 8.63. The van der Waals surface area contributed by atoms with Gasteiger partial charge in [0.2, 0.25) is 0 Å². The Bertz CT molecular complexity index is 743. The monoisotopic (exact) mass is 887 g/mol. The largest absolute Gasteiger partial charge is 0.0864 e. The maximum absolute atomic E-state index is 3.65. The van der Waals surface area contributed by atoms with Gasteiger partial charge < -0.3 is 0 Å². The highest BCUT2D eigenvalue weighted by molar-refractivity contribution is 9.16. The van der Waals surface area contributed by atoms with Crippen LogP contribution in [-0.2, 0) is 0 Å². The Morgan fingerprint density at radius 1 is 0.500 bits per heavy atom. The second-order valence-corrected chi connectivity index (χ2v) is 12.1. The van der Waals surface area contributed by atoms with Crippen LogP contribution in [0.25, 0.3) is 0 Å². The molecule has 2 aromatic rings. The minimum absolute atomic E-state index is 0.952. The molecule has 2 aromatic carbocycles. The summed E-state index contributed by atoms with van der Waals surface area (Å²) < 4.78 is 8.71. The molecule has 0 saturated carbocycles. The molecule has 0 aliphatic rings. The quantitative estimate of drug-likeness (QED) is 0.214. The van der Waals surface area contributed by atoms with E-state index in [1.165, 1.54) is 0 Å². The topological polar surface area (TPSA) is 0 Å². The van der Waals surface area contributed by atoms with Crippen LogP contribution >= 0.6 is 155 Å². The Morgan fingerprint density at radius 3 is 1.41 bits per heavy atom. The summed E-state index contributed by atoms with van der Waals surface area (Å²) in [5.74, 6) is 0. The molecule has 0 radical (unpaired) electrons. The van der Waals surface area contributed by atoms with E-state index in [4.69, 9.17) is 0 Å². The third-order valence-corrected chi connectivity index (χ3v) is 15.1. The zero-order valence-electron chi connectivity index (χ0n) is 9.89. The van der Waals surface area contributed by atoms with Crippen LogP contribution in [0.1, 0.15) is 0 Å². The molecule has 0 bridgehead atoms. The van der Waals surface area contributed by atoms with Crippen molar-refractivity contribution in [2.45, 2.75) is 9.79 Å². The summed E-state index contributed by atoms with van der Waals surface area (Å²) in [5, 5.41) is 0. The number of hydrogen-bond donors (Lipinski definition) is 0. The molecule has 10 heteroatoms. The molecule has 0 N–H and O–H groups in total. The highest BCUT2D eigenvalue weighted by atomic mass is 79.9. The van der Waals surface area contributed by atoms with E-state index < -0.39 is 0 Å². The second-order valence-electron chi connectivity index (χ2n) is 3.80. The van der Waals surface area contributed by atoms with Crippen LogP contribution in [0, 0.1) is 0 Å². The molecule has 0 spiro atoms. The van der Waals surface area contributed by atoms with E-state index in [0.717, 1.165) is 50.0 Å². The van der Waals surface area contributed by atoms with Gasteiger partial charge in [-0.25, -0.2) is 0 Å². The number of benzene rings is 2. The fraction of sp³-hybridized carbons (Fsp3) is 0. The summed E-state index contributed by atoms with van der Waals surface area (Å²) in [7, 11) is 0. The van der Waals surface area contributed by atoms with Gasteiger partial charge >= 0.3 is 0 Å². The van der Waals surface area contributed by atoms with Crippen LogP contribution < -0.4 is 0 Å². The van der Waals surface area contributed by atoms with E-state index in [2.05, 4.69) is 149 Å². The van der Waals surface area contributed by atoms with Crippen LogP contribution in [0.2, 0.25) is 0 Å². The molecule has 22 heavy (non-hydrogen) atoms. The zero-order valence-corrected chi connectivity index (χ0v) is 25.0. The van der Waals surface area contributed by atoms with Crippen molar-refractivity contribution >= 4 is 155 Å². The first-order chi connectivity index (χ1) is 10.2. The molecule has 0 unspecified atom stereocenters. The van der Waals surface area contributed by atoms with Crippen LogP contribution in [-0.4, -0.2) is 0 Å². The number of rotatable bonds is 2. The molecule has 2 rings (SSSR count). The maximum atomic E-state index is 3.65. The van der Waals surface area contributed by atoms with E-state index in [0.29, 0.717) is 0 Å². The third kappa shape index (κ3) is 4.32. The molecule has 0 nitrogen and oxygen atoms in total. The summed E-state index contributed by atoms with van der Waals surface area (Å²) in [6.07, 6.45) is 0. The number of hydrogen-bond acceptors (Lipinski definition) is 1. The molecule has 0 aromatic heterocycles. The summed E-state index contributed by atoms with van der Waals surface area (Å²) in [6.45, 7) is 0. The summed E-state index contributed by atoms with van der Waals surface area (Å²) in [5.41, 5.74) is 0. The maximum Gasteiger partial charge on any atom is 0.0483 e. The Morgan fingerprint density at radius 2 is 0.909 bits per heavy atom. The summed E-state index contributed by atoms with van der Waals surface area (Å²) in [4.78, 5) is 2.13. The van der Waals surface area contributed by atoms with Crippen molar-refractivity contribution in [1.82, 2.24) is 0 Å². The van der Waals surface area contributed by atoms with Gasteiger partial charge in [0.25, 0.3) is 0 Å². The first-order valence-corrected chi connectivity index (χ1v) is 13.1. The molecule has 0 aliphatic carbocycles. The molecule has 0 atom stereocenters. The Labute approximate surface area is 207 Å². The first-order valence-electron chi connectivity index (χ1n) is 5.19. The second kappa shape index (κ2) is 8.87. The van der Waals surface area contributed by atoms with Crippen LogP contribution in [0.4, 0.5) is 0 Å². The smallest absolute Gasteiger partial charge is 0.0483 e. The van der Waals surface area contributed by atoms with Gasteiger partial charge in [-0.2, -0.15) is 0 Å². The van der Waals surface area contributed by atoms with Crippen molar-refractivity contribution in [3.05, 3.63) is 46.3 Å². The van der Waals surface area contributed by atoms with E-state index >= 15 is 0 Å². The van der Waals surface area contributed by atoms with Crippen LogP contribution in [0.3, 0.4) is 0 Å². The highest BCUT2D eigenvalue weighted by Gasteiger charge is 2.21. The third-order valence-electron chi connectivity index (χ3n) is 2.45. The standard InChI is InChI=1S/C12HBr9S/c13-2-1-3(5(15)6(16)4(2)14)22-12-10(20)8(18)7(17)9(19)11(12)21/h1H. The van der Waals surface area contributed by atoms with Gasteiger partial charge in [0.1, 0.15) is 0 Å². The van der Waals surface area contributed by atoms with Crippen molar-refractivity contribution in [1.29, 1.82) is 0 Å². The van der Waals surface area contributed by atoms with E-state index in [-0.39, 0.29) is 0 Å². The molecular formula is C12HBr9S. The normalized spacial score (nSPS) is 11.1. The van der Waals surface area contributed by atoms with Crippen molar-refractivity contribution in [3.63, 3.8) is 0 Å². The van der Waals surface area contributed by atoms with Crippen LogP contribution in [0.15, 0.2) is 56.1 Å². The van der Waals surface area contributed by atoms with Gasteiger partial charge in [-0.3, -0.25) is 0 Å². The lowest BCUT2D eigenvalue weighted by molar-refractivity contribution is 1.26.